The molecular formula is C17H27N3O5. The van der Waals surface area contributed by atoms with Gasteiger partial charge in [0.2, 0.25) is 11.8 Å². The van der Waals surface area contributed by atoms with Crippen LogP contribution in [0.3, 0.4) is 0 Å². The van der Waals surface area contributed by atoms with Crippen molar-refractivity contribution in [2.45, 2.75) is 25.7 Å². The lowest BCUT2D eigenvalue weighted by Gasteiger charge is -2.42. The molecule has 0 spiro atoms. The molecule has 0 N–H and O–H groups in total. The molecule has 8 heteroatoms. The second-order valence-electron chi connectivity index (χ2n) is 7.13. The predicted molar refractivity (Wildman–Crippen MR) is 88.9 cm³/mol. The van der Waals surface area contributed by atoms with Crippen molar-refractivity contribution < 1.29 is 23.9 Å². The zero-order chi connectivity index (χ0) is 17.9. The number of ether oxygens (including phenoxy) is 2. The molecule has 1 aliphatic carbocycles. The first-order chi connectivity index (χ1) is 12.1. The van der Waals surface area contributed by atoms with Gasteiger partial charge in [-0.15, -0.1) is 0 Å². The van der Waals surface area contributed by atoms with E-state index in [4.69, 9.17) is 9.47 Å². The maximum atomic E-state index is 12.9. The van der Waals surface area contributed by atoms with Gasteiger partial charge in [-0.2, -0.15) is 0 Å². The molecule has 0 aromatic carbocycles. The van der Waals surface area contributed by atoms with E-state index in [0.29, 0.717) is 45.9 Å². The fraction of sp³-hybridized carbons (Fsp3) is 0.824. The summed E-state index contributed by atoms with van der Waals surface area (Å²) in [5.74, 6) is 0.0846. The largest absolute Gasteiger partial charge is 0.448 e. The maximum Gasteiger partial charge on any atom is 0.410 e. The van der Waals surface area contributed by atoms with Gasteiger partial charge in [-0.1, -0.05) is 6.42 Å². The molecule has 2 aliphatic heterocycles. The number of hydrogen-bond donors (Lipinski definition) is 0. The van der Waals surface area contributed by atoms with Gasteiger partial charge in [0.1, 0.15) is 13.2 Å². The molecule has 0 aromatic rings. The van der Waals surface area contributed by atoms with Crippen LogP contribution in [0.2, 0.25) is 0 Å². The molecule has 0 atom stereocenters. The average molecular weight is 353 g/mol. The van der Waals surface area contributed by atoms with Crippen LogP contribution in [0.25, 0.3) is 0 Å². The van der Waals surface area contributed by atoms with Crippen molar-refractivity contribution in [1.82, 2.24) is 14.7 Å². The van der Waals surface area contributed by atoms with Crippen LogP contribution in [0, 0.1) is 5.41 Å². The van der Waals surface area contributed by atoms with Crippen LogP contribution >= 0.6 is 0 Å². The number of rotatable bonds is 5. The van der Waals surface area contributed by atoms with Crippen molar-refractivity contribution in [2.24, 2.45) is 5.41 Å². The molecule has 3 amide bonds. The average Bonchev–Trinajstić information content (AvgIpc) is 2.83. The Hall–Kier alpha value is -1.83. The first-order valence-corrected chi connectivity index (χ1v) is 9.03. The monoisotopic (exact) mass is 353 g/mol. The van der Waals surface area contributed by atoms with Gasteiger partial charge >= 0.3 is 6.09 Å². The van der Waals surface area contributed by atoms with Gasteiger partial charge in [0, 0.05) is 33.3 Å². The molecule has 1 saturated carbocycles. The summed E-state index contributed by atoms with van der Waals surface area (Å²) in [5.41, 5.74) is -0.354. The smallest absolute Gasteiger partial charge is 0.410 e. The number of carbonyl (C=O) groups excluding carboxylic acids is 3. The summed E-state index contributed by atoms with van der Waals surface area (Å²) in [6, 6.07) is 0. The van der Waals surface area contributed by atoms with Gasteiger partial charge in [0.15, 0.2) is 0 Å². The second kappa shape index (κ2) is 7.59. The molecule has 140 valence electrons. The molecule has 0 radical (unpaired) electrons. The summed E-state index contributed by atoms with van der Waals surface area (Å²) in [6.07, 6.45) is 3.17. The van der Waals surface area contributed by atoms with Gasteiger partial charge in [-0.3, -0.25) is 14.5 Å². The number of methoxy groups -OCH3 is 1. The summed E-state index contributed by atoms with van der Waals surface area (Å²) in [5, 5.41) is 0. The first kappa shape index (κ1) is 18.0. The highest BCUT2D eigenvalue weighted by Crippen LogP contribution is 2.42. The summed E-state index contributed by atoms with van der Waals surface area (Å²) in [6.45, 7) is 3.67. The lowest BCUT2D eigenvalue weighted by atomic mass is 9.68. The lowest BCUT2D eigenvalue weighted by Crippen LogP contribution is -2.51. The molecule has 3 fully saturated rings. The van der Waals surface area contributed by atoms with E-state index in [-0.39, 0.29) is 23.8 Å². The molecule has 2 saturated heterocycles. The highest BCUT2D eigenvalue weighted by atomic mass is 16.6. The van der Waals surface area contributed by atoms with E-state index in [1.165, 1.54) is 4.90 Å². The summed E-state index contributed by atoms with van der Waals surface area (Å²) >= 11 is 0. The zero-order valence-electron chi connectivity index (χ0n) is 14.9. The van der Waals surface area contributed by atoms with E-state index in [1.54, 1.807) is 12.0 Å². The van der Waals surface area contributed by atoms with Crippen LogP contribution in [0.15, 0.2) is 0 Å². The third-order valence-electron chi connectivity index (χ3n) is 5.49. The van der Waals surface area contributed by atoms with Crippen molar-refractivity contribution in [3.63, 3.8) is 0 Å². The maximum absolute atomic E-state index is 12.9. The fourth-order valence-electron chi connectivity index (χ4n) is 3.84. The van der Waals surface area contributed by atoms with Gasteiger partial charge in [0.25, 0.3) is 0 Å². The zero-order valence-corrected chi connectivity index (χ0v) is 14.9. The highest BCUT2D eigenvalue weighted by Gasteiger charge is 2.46. The summed E-state index contributed by atoms with van der Waals surface area (Å²) in [7, 11) is 1.64. The van der Waals surface area contributed by atoms with Gasteiger partial charge in [-0.05, 0) is 19.3 Å². The van der Waals surface area contributed by atoms with Crippen LogP contribution < -0.4 is 0 Å². The predicted octanol–water partition coefficient (Wildman–Crippen LogP) is 0.316. The topological polar surface area (TPSA) is 79.4 Å². The Labute approximate surface area is 148 Å². The molecule has 2 heterocycles. The Morgan fingerprint density at radius 1 is 1.08 bits per heavy atom. The first-order valence-electron chi connectivity index (χ1n) is 9.03. The van der Waals surface area contributed by atoms with Crippen molar-refractivity contribution in [3.8, 4) is 0 Å². The van der Waals surface area contributed by atoms with Crippen molar-refractivity contribution >= 4 is 17.9 Å². The highest BCUT2D eigenvalue weighted by molar-refractivity contribution is 5.85. The van der Waals surface area contributed by atoms with E-state index in [1.807, 2.05) is 4.90 Å². The number of hydrogen-bond acceptors (Lipinski definition) is 5. The molecule has 0 unspecified atom stereocenters. The second-order valence-corrected chi connectivity index (χ2v) is 7.13. The SMILES string of the molecule is COCC1(C(=O)N2CCCN(C(=O)CN3CCOC3=O)CC2)CCC1. The Balaban J connectivity index is 1.54. The minimum absolute atomic E-state index is 0.0559. The van der Waals surface area contributed by atoms with Crippen LogP contribution in [0.5, 0.6) is 0 Å². The van der Waals surface area contributed by atoms with Crippen molar-refractivity contribution in [2.75, 3.05) is 59.6 Å². The normalized spacial score (nSPS) is 23.1. The fourth-order valence-corrected chi connectivity index (χ4v) is 3.84. The third kappa shape index (κ3) is 3.73. The molecular weight excluding hydrogens is 326 g/mol. The Morgan fingerprint density at radius 3 is 2.40 bits per heavy atom. The van der Waals surface area contributed by atoms with Crippen LogP contribution in [-0.4, -0.2) is 92.2 Å². The van der Waals surface area contributed by atoms with Gasteiger partial charge < -0.3 is 19.3 Å². The summed E-state index contributed by atoms with van der Waals surface area (Å²) in [4.78, 5) is 41.9. The summed E-state index contributed by atoms with van der Waals surface area (Å²) < 4.78 is 10.1. The quantitative estimate of drug-likeness (QED) is 0.711. The lowest BCUT2D eigenvalue weighted by molar-refractivity contribution is -0.152. The van der Waals surface area contributed by atoms with Crippen LogP contribution in [-0.2, 0) is 19.1 Å². The number of cyclic esters (lactones) is 1. The number of carbonyl (C=O) groups is 3. The Morgan fingerprint density at radius 2 is 1.80 bits per heavy atom. The Bertz CT molecular complexity index is 534. The molecule has 3 aliphatic rings. The van der Waals surface area contributed by atoms with E-state index in [2.05, 4.69) is 0 Å². The minimum Gasteiger partial charge on any atom is -0.448 e. The van der Waals surface area contributed by atoms with Crippen molar-refractivity contribution in [1.29, 1.82) is 0 Å². The number of nitrogens with zero attached hydrogens (tertiary/aromatic N) is 3. The molecule has 0 bridgehead atoms. The standard InChI is InChI=1S/C17H27N3O5/c1-24-13-17(4-2-5-17)15(22)19-7-3-6-18(8-9-19)14(21)12-20-10-11-25-16(20)23/h2-13H2,1H3. The van der Waals surface area contributed by atoms with E-state index >= 15 is 0 Å². The molecule has 0 aromatic heterocycles. The van der Waals surface area contributed by atoms with Gasteiger partial charge in [-0.25, -0.2) is 4.79 Å². The minimum atomic E-state index is -0.425. The third-order valence-corrected chi connectivity index (χ3v) is 5.49. The van der Waals surface area contributed by atoms with Crippen LogP contribution in [0.1, 0.15) is 25.7 Å². The van der Waals surface area contributed by atoms with Crippen molar-refractivity contribution in [3.05, 3.63) is 0 Å². The van der Waals surface area contributed by atoms with Crippen LogP contribution in [0.4, 0.5) is 4.79 Å². The van der Waals surface area contributed by atoms with Gasteiger partial charge in [0.05, 0.1) is 18.6 Å². The van der Waals surface area contributed by atoms with E-state index in [9.17, 15) is 14.4 Å². The molecule has 8 nitrogen and oxygen atoms in total. The Kier molecular flexibility index (Phi) is 5.46. The van der Waals surface area contributed by atoms with E-state index in [0.717, 1.165) is 25.7 Å². The molecule has 3 rings (SSSR count). The van der Waals surface area contributed by atoms with E-state index < -0.39 is 6.09 Å². The molecule has 25 heavy (non-hydrogen) atoms. The number of amides is 3.